The van der Waals surface area contributed by atoms with E-state index in [-0.39, 0.29) is 22.9 Å². The molecular formula is C26H23NO9. The van der Waals surface area contributed by atoms with Gasteiger partial charge in [0.25, 0.3) is 5.90 Å². The molecule has 1 aromatic heterocycles. The van der Waals surface area contributed by atoms with Gasteiger partial charge in [0.2, 0.25) is 5.75 Å². The predicted molar refractivity (Wildman–Crippen MR) is 128 cm³/mol. The summed E-state index contributed by atoms with van der Waals surface area (Å²) >= 11 is 0. The van der Waals surface area contributed by atoms with E-state index in [4.69, 9.17) is 32.8 Å². The highest BCUT2D eigenvalue weighted by Crippen LogP contribution is 2.39. The predicted octanol–water partition coefficient (Wildman–Crippen LogP) is 4.27. The first-order chi connectivity index (χ1) is 17.5. The maximum Gasteiger partial charge on any atom is 0.363 e. The standard InChI is InChI=1S/C26H23NO9/c1-5-33-20-12-15(11-17-26(29)36-24(27-17)19-7-6-10-34-19)8-9-18(20)35-25(28)16-13-21(30-2)23(32-4)22(14-16)31-3/h6-14H,5H2,1-4H3/b17-11+. The average molecular weight is 493 g/mol. The zero-order chi connectivity index (χ0) is 25.7. The molecule has 0 aliphatic carbocycles. The third-order valence-electron chi connectivity index (χ3n) is 5.03. The Morgan fingerprint density at radius 2 is 1.72 bits per heavy atom. The van der Waals surface area contributed by atoms with Crippen molar-refractivity contribution in [3.8, 4) is 28.7 Å². The molecule has 0 spiro atoms. The summed E-state index contributed by atoms with van der Waals surface area (Å²) in [5, 5.41) is 0. The van der Waals surface area contributed by atoms with Crippen molar-refractivity contribution >= 4 is 23.9 Å². The van der Waals surface area contributed by atoms with Gasteiger partial charge in [0.05, 0.1) is 39.8 Å². The average Bonchev–Trinajstić information content (AvgIpc) is 3.55. The van der Waals surface area contributed by atoms with Crippen LogP contribution in [0, 0.1) is 0 Å². The van der Waals surface area contributed by atoms with E-state index in [2.05, 4.69) is 4.99 Å². The highest BCUT2D eigenvalue weighted by atomic mass is 16.6. The van der Waals surface area contributed by atoms with Crippen LogP contribution in [0.4, 0.5) is 0 Å². The number of ether oxygens (including phenoxy) is 6. The van der Waals surface area contributed by atoms with Crippen LogP contribution < -0.4 is 23.7 Å². The molecule has 0 saturated carbocycles. The molecule has 0 radical (unpaired) electrons. The van der Waals surface area contributed by atoms with Crippen LogP contribution in [0.25, 0.3) is 6.08 Å². The fourth-order valence-corrected chi connectivity index (χ4v) is 3.40. The van der Waals surface area contributed by atoms with Gasteiger partial charge in [-0.3, -0.25) is 0 Å². The summed E-state index contributed by atoms with van der Waals surface area (Å²) < 4.78 is 37.6. The molecule has 10 nitrogen and oxygen atoms in total. The number of hydrogen-bond donors (Lipinski definition) is 0. The van der Waals surface area contributed by atoms with Crippen LogP contribution in [-0.2, 0) is 9.53 Å². The summed E-state index contributed by atoms with van der Waals surface area (Å²) in [7, 11) is 4.38. The van der Waals surface area contributed by atoms with Crippen molar-refractivity contribution in [3.63, 3.8) is 0 Å². The lowest BCUT2D eigenvalue weighted by Gasteiger charge is -2.15. The van der Waals surface area contributed by atoms with Gasteiger partial charge in [-0.1, -0.05) is 6.07 Å². The SMILES string of the molecule is CCOc1cc(/C=C2/N=C(c3ccco3)OC2=O)ccc1OC(=O)c1cc(OC)c(OC)c(OC)c1. The number of hydrogen-bond acceptors (Lipinski definition) is 10. The Hall–Kier alpha value is -4.73. The molecule has 186 valence electrons. The van der Waals surface area contributed by atoms with Crippen LogP contribution in [0.5, 0.6) is 28.7 Å². The first kappa shape index (κ1) is 24.4. The van der Waals surface area contributed by atoms with Crippen molar-refractivity contribution in [1.82, 2.24) is 0 Å². The van der Waals surface area contributed by atoms with E-state index in [1.54, 1.807) is 37.3 Å². The van der Waals surface area contributed by atoms with Gasteiger partial charge in [-0.25, -0.2) is 14.6 Å². The maximum atomic E-state index is 12.9. The fraction of sp³-hybridized carbons (Fsp3) is 0.192. The third kappa shape index (κ3) is 5.02. The van der Waals surface area contributed by atoms with E-state index < -0.39 is 11.9 Å². The molecule has 0 N–H and O–H groups in total. The van der Waals surface area contributed by atoms with Crippen LogP contribution in [-0.4, -0.2) is 45.8 Å². The maximum absolute atomic E-state index is 12.9. The lowest BCUT2D eigenvalue weighted by Crippen LogP contribution is -2.11. The Kier molecular flexibility index (Phi) is 7.24. The zero-order valence-electron chi connectivity index (χ0n) is 20.0. The minimum Gasteiger partial charge on any atom is -0.493 e. The van der Waals surface area contributed by atoms with Crippen LogP contribution in [0.1, 0.15) is 28.6 Å². The van der Waals surface area contributed by atoms with Crippen molar-refractivity contribution in [2.45, 2.75) is 6.92 Å². The normalized spacial score (nSPS) is 13.7. The number of carbonyl (C=O) groups is 2. The van der Waals surface area contributed by atoms with Gasteiger partial charge >= 0.3 is 11.9 Å². The number of aliphatic imine (C=N–C) groups is 1. The minimum atomic E-state index is -0.659. The lowest BCUT2D eigenvalue weighted by atomic mass is 10.1. The number of esters is 2. The number of methoxy groups -OCH3 is 3. The molecule has 10 heteroatoms. The molecule has 36 heavy (non-hydrogen) atoms. The van der Waals surface area contributed by atoms with E-state index in [1.807, 2.05) is 0 Å². The minimum absolute atomic E-state index is 0.0807. The van der Waals surface area contributed by atoms with E-state index in [9.17, 15) is 9.59 Å². The molecule has 0 saturated heterocycles. The van der Waals surface area contributed by atoms with E-state index in [0.717, 1.165) is 0 Å². The molecular weight excluding hydrogens is 470 g/mol. The Balaban J connectivity index is 1.61. The Morgan fingerprint density at radius 1 is 0.972 bits per heavy atom. The van der Waals surface area contributed by atoms with Crippen LogP contribution in [0.2, 0.25) is 0 Å². The van der Waals surface area contributed by atoms with Gasteiger partial charge in [-0.05, 0) is 55.0 Å². The van der Waals surface area contributed by atoms with Gasteiger partial charge in [0.15, 0.2) is 34.5 Å². The van der Waals surface area contributed by atoms with Crippen molar-refractivity contribution in [1.29, 1.82) is 0 Å². The molecule has 0 fully saturated rings. The molecule has 0 unspecified atom stereocenters. The van der Waals surface area contributed by atoms with E-state index in [0.29, 0.717) is 40.9 Å². The van der Waals surface area contributed by atoms with Crippen LogP contribution >= 0.6 is 0 Å². The Bertz CT molecular complexity index is 1310. The highest BCUT2D eigenvalue weighted by molar-refractivity contribution is 6.11. The Labute approximate surface area is 206 Å². The second-order valence-electron chi connectivity index (χ2n) is 7.26. The summed E-state index contributed by atoms with van der Waals surface area (Å²) in [5.74, 6) is 0.620. The fourth-order valence-electron chi connectivity index (χ4n) is 3.40. The number of furan rings is 1. The summed E-state index contributed by atoms with van der Waals surface area (Å²) in [6.07, 6.45) is 2.99. The van der Waals surface area contributed by atoms with E-state index >= 15 is 0 Å². The summed E-state index contributed by atoms with van der Waals surface area (Å²) in [5.41, 5.74) is 0.861. The van der Waals surface area contributed by atoms with E-state index in [1.165, 1.54) is 45.8 Å². The number of carbonyl (C=O) groups excluding carboxylic acids is 2. The number of nitrogens with zero attached hydrogens (tertiary/aromatic N) is 1. The quantitative estimate of drug-likeness (QED) is 0.245. The van der Waals surface area contributed by atoms with Crippen molar-refractivity contribution < 1.29 is 42.4 Å². The molecule has 3 aromatic rings. The van der Waals surface area contributed by atoms with Gasteiger partial charge in [-0.2, -0.15) is 0 Å². The van der Waals surface area contributed by atoms with Gasteiger partial charge in [0.1, 0.15) is 0 Å². The summed E-state index contributed by atoms with van der Waals surface area (Å²) in [4.78, 5) is 29.4. The topological polar surface area (TPSA) is 115 Å². The third-order valence-corrected chi connectivity index (χ3v) is 5.03. The molecule has 2 heterocycles. The van der Waals surface area contributed by atoms with Crippen molar-refractivity contribution in [2.75, 3.05) is 27.9 Å². The number of benzene rings is 2. The second-order valence-corrected chi connectivity index (χ2v) is 7.26. The largest absolute Gasteiger partial charge is 0.493 e. The Morgan fingerprint density at radius 3 is 2.33 bits per heavy atom. The summed E-state index contributed by atoms with van der Waals surface area (Å²) in [6, 6.07) is 11.1. The molecule has 0 amide bonds. The molecule has 2 aromatic carbocycles. The lowest BCUT2D eigenvalue weighted by molar-refractivity contribution is -0.130. The first-order valence-corrected chi connectivity index (χ1v) is 10.8. The molecule has 4 rings (SSSR count). The van der Waals surface area contributed by atoms with Crippen LogP contribution in [0.15, 0.2) is 63.8 Å². The van der Waals surface area contributed by atoms with Crippen LogP contribution in [0.3, 0.4) is 0 Å². The molecule has 0 bridgehead atoms. The number of cyclic esters (lactones) is 1. The van der Waals surface area contributed by atoms with Gasteiger partial charge in [-0.15, -0.1) is 0 Å². The zero-order valence-corrected chi connectivity index (χ0v) is 20.0. The smallest absolute Gasteiger partial charge is 0.363 e. The molecule has 1 aliphatic rings. The second kappa shape index (κ2) is 10.7. The van der Waals surface area contributed by atoms with Gasteiger partial charge in [0, 0.05) is 0 Å². The highest BCUT2D eigenvalue weighted by Gasteiger charge is 2.26. The first-order valence-electron chi connectivity index (χ1n) is 10.8. The van der Waals surface area contributed by atoms with Gasteiger partial charge < -0.3 is 32.8 Å². The van der Waals surface area contributed by atoms with Crippen molar-refractivity contribution in [2.24, 2.45) is 4.99 Å². The molecule has 0 atom stereocenters. The summed E-state index contributed by atoms with van der Waals surface area (Å²) in [6.45, 7) is 2.11. The molecule has 1 aliphatic heterocycles. The number of rotatable bonds is 9. The monoisotopic (exact) mass is 493 g/mol. The van der Waals surface area contributed by atoms with Crippen molar-refractivity contribution in [3.05, 3.63) is 71.3 Å².